The Hall–Kier alpha value is -1.62. The quantitative estimate of drug-likeness (QED) is 0.867. The predicted octanol–water partition coefficient (Wildman–Crippen LogP) is 1.39. The maximum absolute atomic E-state index is 5.70. The molecule has 0 saturated heterocycles. The highest BCUT2D eigenvalue weighted by atomic mass is 15.2. The third-order valence-electron chi connectivity index (χ3n) is 3.24. The highest BCUT2D eigenvalue weighted by Crippen LogP contribution is 2.22. The molecule has 2 aromatic rings. The lowest BCUT2D eigenvalue weighted by molar-refractivity contribution is 0.574. The summed E-state index contributed by atoms with van der Waals surface area (Å²) in [5.41, 5.74) is 7.78. The average Bonchev–Trinajstić information content (AvgIpc) is 2.78. The van der Waals surface area contributed by atoms with Crippen molar-refractivity contribution in [1.82, 2.24) is 14.5 Å². The zero-order valence-corrected chi connectivity index (χ0v) is 11.3. The van der Waals surface area contributed by atoms with E-state index in [0.717, 1.165) is 29.9 Å². The number of imidazole rings is 1. The van der Waals surface area contributed by atoms with Gasteiger partial charge in [-0.05, 0) is 25.5 Å². The van der Waals surface area contributed by atoms with Crippen LogP contribution in [-0.2, 0) is 7.05 Å². The highest BCUT2D eigenvalue weighted by molar-refractivity contribution is 5.86. The van der Waals surface area contributed by atoms with Crippen LogP contribution >= 0.6 is 0 Å². The third kappa shape index (κ3) is 2.31. The first-order chi connectivity index (χ1) is 8.67. The van der Waals surface area contributed by atoms with Crippen LogP contribution in [0.4, 0.5) is 5.82 Å². The van der Waals surface area contributed by atoms with Crippen LogP contribution in [0.15, 0.2) is 18.6 Å². The number of pyridine rings is 1. The Bertz CT molecular complexity index is 519. The molecule has 0 radical (unpaired) electrons. The number of fused-ring (bicyclic) bond motifs is 1. The summed E-state index contributed by atoms with van der Waals surface area (Å²) in [6, 6.07) is 1.99. The van der Waals surface area contributed by atoms with Crippen molar-refractivity contribution in [3.8, 4) is 0 Å². The molecule has 0 bridgehead atoms. The molecule has 2 aromatic heterocycles. The van der Waals surface area contributed by atoms with Crippen LogP contribution in [0.5, 0.6) is 0 Å². The van der Waals surface area contributed by atoms with Gasteiger partial charge in [0.25, 0.3) is 0 Å². The molecule has 5 heteroatoms. The Kier molecular flexibility index (Phi) is 3.81. The summed E-state index contributed by atoms with van der Waals surface area (Å²) in [7, 11) is 2.00. The van der Waals surface area contributed by atoms with Crippen molar-refractivity contribution in [2.45, 2.75) is 13.8 Å². The predicted molar refractivity (Wildman–Crippen MR) is 74.6 cm³/mol. The Labute approximate surface area is 108 Å². The van der Waals surface area contributed by atoms with E-state index in [0.29, 0.717) is 12.5 Å². The third-order valence-corrected chi connectivity index (χ3v) is 3.24. The van der Waals surface area contributed by atoms with Crippen LogP contribution < -0.4 is 10.6 Å². The number of anilines is 1. The van der Waals surface area contributed by atoms with Crippen LogP contribution in [0.1, 0.15) is 13.8 Å². The van der Waals surface area contributed by atoms with Crippen LogP contribution in [-0.4, -0.2) is 34.2 Å². The Morgan fingerprint density at radius 3 is 2.89 bits per heavy atom. The van der Waals surface area contributed by atoms with Gasteiger partial charge in [-0.3, -0.25) is 0 Å². The molecule has 1 atom stereocenters. The molecule has 2 heterocycles. The second-order valence-corrected chi connectivity index (χ2v) is 4.74. The monoisotopic (exact) mass is 247 g/mol. The fraction of sp³-hybridized carbons (Fsp3) is 0.538. The molecule has 98 valence electrons. The van der Waals surface area contributed by atoms with E-state index in [-0.39, 0.29) is 0 Å². The number of aryl methyl sites for hydroxylation is 1. The first-order valence-corrected chi connectivity index (χ1v) is 6.38. The van der Waals surface area contributed by atoms with Gasteiger partial charge in [0.15, 0.2) is 5.82 Å². The SMILES string of the molecule is CCN(CC(C)CN)c1nccc2c1ncn2C. The van der Waals surface area contributed by atoms with Gasteiger partial charge in [-0.15, -0.1) is 0 Å². The number of nitrogens with two attached hydrogens (primary N) is 1. The summed E-state index contributed by atoms with van der Waals surface area (Å²) in [6.07, 6.45) is 3.67. The molecule has 0 aliphatic rings. The van der Waals surface area contributed by atoms with Gasteiger partial charge in [0, 0.05) is 26.3 Å². The molecule has 2 N–H and O–H groups in total. The number of rotatable bonds is 5. The fourth-order valence-corrected chi connectivity index (χ4v) is 2.10. The fourth-order valence-electron chi connectivity index (χ4n) is 2.10. The summed E-state index contributed by atoms with van der Waals surface area (Å²) in [5.74, 6) is 1.40. The van der Waals surface area contributed by atoms with E-state index in [1.165, 1.54) is 0 Å². The zero-order valence-electron chi connectivity index (χ0n) is 11.3. The molecule has 0 aromatic carbocycles. The van der Waals surface area contributed by atoms with Crippen molar-refractivity contribution < 1.29 is 0 Å². The van der Waals surface area contributed by atoms with Gasteiger partial charge >= 0.3 is 0 Å². The molecule has 5 nitrogen and oxygen atoms in total. The maximum atomic E-state index is 5.70. The Balaban J connectivity index is 2.38. The minimum absolute atomic E-state index is 0.450. The van der Waals surface area contributed by atoms with E-state index in [1.54, 1.807) is 0 Å². The normalized spacial score (nSPS) is 12.9. The minimum atomic E-state index is 0.450. The summed E-state index contributed by atoms with van der Waals surface area (Å²) < 4.78 is 2.01. The van der Waals surface area contributed by atoms with E-state index < -0.39 is 0 Å². The molecular formula is C13H21N5. The molecule has 0 aliphatic carbocycles. The molecule has 0 fully saturated rings. The molecule has 0 amide bonds. The van der Waals surface area contributed by atoms with Crippen molar-refractivity contribution in [2.24, 2.45) is 18.7 Å². The summed E-state index contributed by atoms with van der Waals surface area (Å²) in [4.78, 5) is 11.2. The van der Waals surface area contributed by atoms with Gasteiger partial charge in [0.2, 0.25) is 0 Å². The number of nitrogens with zero attached hydrogens (tertiary/aromatic N) is 4. The van der Waals surface area contributed by atoms with E-state index in [9.17, 15) is 0 Å². The van der Waals surface area contributed by atoms with Crippen LogP contribution in [0.2, 0.25) is 0 Å². The number of hydrogen-bond donors (Lipinski definition) is 1. The van der Waals surface area contributed by atoms with Crippen molar-refractivity contribution in [2.75, 3.05) is 24.5 Å². The van der Waals surface area contributed by atoms with E-state index in [1.807, 2.05) is 30.2 Å². The van der Waals surface area contributed by atoms with Gasteiger partial charge in [0.05, 0.1) is 11.8 Å². The van der Waals surface area contributed by atoms with Gasteiger partial charge in [-0.2, -0.15) is 0 Å². The molecule has 1 unspecified atom stereocenters. The molecule has 0 saturated carbocycles. The summed E-state index contributed by atoms with van der Waals surface area (Å²) in [5, 5.41) is 0. The second-order valence-electron chi connectivity index (χ2n) is 4.74. The highest BCUT2D eigenvalue weighted by Gasteiger charge is 2.14. The maximum Gasteiger partial charge on any atom is 0.156 e. The van der Waals surface area contributed by atoms with Gasteiger partial charge in [-0.25, -0.2) is 9.97 Å². The van der Waals surface area contributed by atoms with Gasteiger partial charge in [0.1, 0.15) is 5.52 Å². The summed E-state index contributed by atoms with van der Waals surface area (Å²) >= 11 is 0. The van der Waals surface area contributed by atoms with Crippen LogP contribution in [0, 0.1) is 5.92 Å². The lowest BCUT2D eigenvalue weighted by Gasteiger charge is -2.25. The zero-order chi connectivity index (χ0) is 13.1. The first kappa shape index (κ1) is 12.8. The largest absolute Gasteiger partial charge is 0.355 e. The number of aromatic nitrogens is 3. The van der Waals surface area contributed by atoms with E-state index in [2.05, 4.69) is 28.7 Å². The molecule has 0 spiro atoms. The average molecular weight is 247 g/mol. The lowest BCUT2D eigenvalue weighted by atomic mass is 10.1. The van der Waals surface area contributed by atoms with E-state index in [4.69, 9.17) is 5.73 Å². The smallest absolute Gasteiger partial charge is 0.156 e. The minimum Gasteiger partial charge on any atom is -0.355 e. The van der Waals surface area contributed by atoms with Crippen molar-refractivity contribution >= 4 is 16.9 Å². The first-order valence-electron chi connectivity index (χ1n) is 6.38. The van der Waals surface area contributed by atoms with Crippen molar-refractivity contribution in [3.05, 3.63) is 18.6 Å². The van der Waals surface area contributed by atoms with Gasteiger partial charge in [-0.1, -0.05) is 6.92 Å². The molecule has 0 aliphatic heterocycles. The van der Waals surface area contributed by atoms with Crippen LogP contribution in [0.25, 0.3) is 11.0 Å². The molecule has 2 rings (SSSR count). The van der Waals surface area contributed by atoms with Gasteiger partial charge < -0.3 is 15.2 Å². The molecule has 18 heavy (non-hydrogen) atoms. The van der Waals surface area contributed by atoms with Crippen molar-refractivity contribution in [3.63, 3.8) is 0 Å². The Morgan fingerprint density at radius 1 is 1.44 bits per heavy atom. The van der Waals surface area contributed by atoms with Crippen LogP contribution in [0.3, 0.4) is 0 Å². The lowest BCUT2D eigenvalue weighted by Crippen LogP contribution is -2.32. The summed E-state index contributed by atoms with van der Waals surface area (Å²) in [6.45, 7) is 6.80. The second kappa shape index (κ2) is 5.35. The number of hydrogen-bond acceptors (Lipinski definition) is 4. The topological polar surface area (TPSA) is 60.0 Å². The standard InChI is InChI=1S/C13H21N5/c1-4-18(8-10(2)7-14)13-12-11(5-6-15-13)17(3)9-16-12/h5-6,9-10H,4,7-8,14H2,1-3H3. The molecular weight excluding hydrogens is 226 g/mol. The van der Waals surface area contributed by atoms with E-state index >= 15 is 0 Å². The van der Waals surface area contributed by atoms with Crippen molar-refractivity contribution in [1.29, 1.82) is 0 Å². The Morgan fingerprint density at radius 2 is 2.22 bits per heavy atom.